The van der Waals surface area contributed by atoms with Gasteiger partial charge in [-0.2, -0.15) is 0 Å². The van der Waals surface area contributed by atoms with Crippen molar-refractivity contribution in [1.82, 2.24) is 14.5 Å². The van der Waals surface area contributed by atoms with Crippen LogP contribution in [0.1, 0.15) is 31.7 Å². The summed E-state index contributed by atoms with van der Waals surface area (Å²) in [7, 11) is 0. The van der Waals surface area contributed by atoms with E-state index in [-0.39, 0.29) is 18.0 Å². The largest absolute Gasteiger partial charge is 0.450 e. The van der Waals surface area contributed by atoms with E-state index in [0.717, 1.165) is 30.5 Å². The first-order valence-corrected chi connectivity index (χ1v) is 10.7. The highest BCUT2D eigenvalue weighted by atomic mass is 19.2. The molecule has 1 atom stereocenters. The maximum Gasteiger partial charge on any atom is 0.409 e. The zero-order valence-electron chi connectivity index (χ0n) is 17.8. The fourth-order valence-corrected chi connectivity index (χ4v) is 3.98. The number of hydrogen-bond acceptors (Lipinski definition) is 4. The third-order valence-electron chi connectivity index (χ3n) is 5.63. The Labute approximate surface area is 184 Å². The van der Waals surface area contributed by atoms with Crippen molar-refractivity contribution in [3.05, 3.63) is 59.4 Å². The third-order valence-corrected chi connectivity index (χ3v) is 5.63. The number of fused-ring (bicyclic) bond motifs is 1. The molecule has 1 unspecified atom stereocenters. The topological polar surface area (TPSA) is 59.4 Å². The van der Waals surface area contributed by atoms with Crippen LogP contribution in [0.2, 0.25) is 0 Å². The molecule has 32 heavy (non-hydrogen) atoms. The molecule has 3 aromatic rings. The maximum atomic E-state index is 14.0. The minimum absolute atomic E-state index is 0.0212. The first-order valence-electron chi connectivity index (χ1n) is 10.7. The van der Waals surface area contributed by atoms with Crippen molar-refractivity contribution in [1.29, 1.82) is 0 Å². The summed E-state index contributed by atoms with van der Waals surface area (Å²) in [5, 5.41) is 3.40. The second-order valence-corrected chi connectivity index (χ2v) is 7.86. The standard InChI is InChI=1S/C23H25F3N4O2/c1-2-32-23(31)29-10-3-4-17(9-11-29)27-22-28-20-12-18(25)19(26)13-21(20)30(22)14-15-5-7-16(24)8-6-15/h5-8,12-13,17H,2-4,9-11,14H2,1H3,(H,27,28). The van der Waals surface area contributed by atoms with Gasteiger partial charge in [0.05, 0.1) is 24.2 Å². The Kier molecular flexibility index (Phi) is 6.53. The van der Waals surface area contributed by atoms with Gasteiger partial charge in [-0.25, -0.2) is 22.9 Å². The summed E-state index contributed by atoms with van der Waals surface area (Å²) in [6.45, 7) is 3.57. The van der Waals surface area contributed by atoms with Crippen LogP contribution in [-0.4, -0.2) is 46.3 Å². The molecule has 170 valence electrons. The average Bonchev–Trinajstić information content (AvgIpc) is 2.93. The van der Waals surface area contributed by atoms with Crippen molar-refractivity contribution in [3.63, 3.8) is 0 Å². The number of anilines is 1. The van der Waals surface area contributed by atoms with Crippen molar-refractivity contribution in [3.8, 4) is 0 Å². The van der Waals surface area contributed by atoms with Crippen molar-refractivity contribution >= 4 is 23.1 Å². The van der Waals surface area contributed by atoms with Gasteiger partial charge < -0.3 is 19.5 Å². The molecule has 0 radical (unpaired) electrons. The Bertz CT molecular complexity index is 1100. The van der Waals surface area contributed by atoms with Crippen molar-refractivity contribution in [2.45, 2.75) is 38.8 Å². The maximum absolute atomic E-state index is 14.0. The van der Waals surface area contributed by atoms with Crippen molar-refractivity contribution in [2.24, 2.45) is 0 Å². The van der Waals surface area contributed by atoms with E-state index in [4.69, 9.17) is 4.74 Å². The molecular weight excluding hydrogens is 421 g/mol. The van der Waals surface area contributed by atoms with Gasteiger partial charge in [0.25, 0.3) is 0 Å². The number of benzene rings is 2. The van der Waals surface area contributed by atoms with E-state index in [1.165, 1.54) is 12.1 Å². The summed E-state index contributed by atoms with van der Waals surface area (Å²) >= 11 is 0. The number of aromatic nitrogens is 2. The fraction of sp³-hybridized carbons (Fsp3) is 0.391. The summed E-state index contributed by atoms with van der Waals surface area (Å²) in [6, 6.07) is 8.23. The summed E-state index contributed by atoms with van der Waals surface area (Å²) in [6.07, 6.45) is 1.96. The lowest BCUT2D eigenvalue weighted by Gasteiger charge is -2.20. The van der Waals surface area contributed by atoms with Crippen LogP contribution in [0.25, 0.3) is 11.0 Å². The molecule has 1 amide bonds. The molecule has 4 rings (SSSR count). The van der Waals surface area contributed by atoms with Crippen LogP contribution in [0.15, 0.2) is 36.4 Å². The Hall–Kier alpha value is -3.23. The minimum atomic E-state index is -0.963. The molecule has 1 fully saturated rings. The molecule has 1 saturated heterocycles. The normalized spacial score (nSPS) is 16.8. The highest BCUT2D eigenvalue weighted by Gasteiger charge is 2.23. The number of halogens is 3. The van der Waals surface area contributed by atoms with Gasteiger partial charge in [0, 0.05) is 31.3 Å². The molecule has 1 N–H and O–H groups in total. The molecule has 0 aliphatic carbocycles. The van der Waals surface area contributed by atoms with Crippen LogP contribution in [0.3, 0.4) is 0 Å². The number of carbonyl (C=O) groups is 1. The van der Waals surface area contributed by atoms with E-state index in [1.54, 1.807) is 28.5 Å². The second kappa shape index (κ2) is 9.50. The quantitative estimate of drug-likeness (QED) is 0.604. The Morgan fingerprint density at radius 2 is 1.88 bits per heavy atom. The lowest BCUT2D eigenvalue weighted by molar-refractivity contribution is 0.108. The molecule has 6 nitrogen and oxygen atoms in total. The molecule has 1 aliphatic heterocycles. The van der Waals surface area contributed by atoms with E-state index in [2.05, 4.69) is 10.3 Å². The second-order valence-electron chi connectivity index (χ2n) is 7.86. The monoisotopic (exact) mass is 446 g/mol. The summed E-state index contributed by atoms with van der Waals surface area (Å²) < 4.78 is 48.0. The molecule has 9 heteroatoms. The zero-order valence-corrected chi connectivity index (χ0v) is 17.8. The van der Waals surface area contributed by atoms with E-state index >= 15 is 0 Å². The number of nitrogens with zero attached hydrogens (tertiary/aromatic N) is 3. The van der Waals surface area contributed by atoms with Crippen LogP contribution >= 0.6 is 0 Å². The van der Waals surface area contributed by atoms with Crippen molar-refractivity contribution in [2.75, 3.05) is 25.0 Å². The van der Waals surface area contributed by atoms with Crippen LogP contribution in [0, 0.1) is 17.5 Å². The van der Waals surface area contributed by atoms with Gasteiger partial charge in [0.2, 0.25) is 5.95 Å². The Morgan fingerprint density at radius 1 is 1.12 bits per heavy atom. The van der Waals surface area contributed by atoms with Crippen LogP contribution in [0.5, 0.6) is 0 Å². The molecule has 0 saturated carbocycles. The van der Waals surface area contributed by atoms with Gasteiger partial charge in [-0.1, -0.05) is 12.1 Å². The summed E-state index contributed by atoms with van der Waals surface area (Å²) in [4.78, 5) is 18.2. The first kappa shape index (κ1) is 22.0. The number of amides is 1. The smallest absolute Gasteiger partial charge is 0.409 e. The molecule has 1 aromatic heterocycles. The van der Waals surface area contributed by atoms with E-state index in [1.807, 2.05) is 0 Å². The predicted octanol–water partition coefficient (Wildman–Crippen LogP) is 4.92. The summed E-state index contributed by atoms with van der Waals surface area (Å²) in [5.41, 5.74) is 1.57. The Balaban J connectivity index is 1.60. The Morgan fingerprint density at radius 3 is 2.62 bits per heavy atom. The number of rotatable bonds is 5. The van der Waals surface area contributed by atoms with Gasteiger partial charge in [0.15, 0.2) is 11.6 Å². The van der Waals surface area contributed by atoms with E-state index in [0.29, 0.717) is 49.6 Å². The van der Waals surface area contributed by atoms with E-state index < -0.39 is 11.6 Å². The van der Waals surface area contributed by atoms with Gasteiger partial charge in [0.1, 0.15) is 5.82 Å². The number of ether oxygens (including phenoxy) is 1. The fourth-order valence-electron chi connectivity index (χ4n) is 3.98. The summed E-state index contributed by atoms with van der Waals surface area (Å²) in [5.74, 6) is -1.79. The number of imidazole rings is 1. The van der Waals surface area contributed by atoms with Crippen LogP contribution in [-0.2, 0) is 11.3 Å². The third kappa shape index (κ3) is 4.81. The number of nitrogens with one attached hydrogen (secondary N) is 1. The predicted molar refractivity (Wildman–Crippen MR) is 115 cm³/mol. The number of carbonyl (C=O) groups excluding carboxylic acids is 1. The highest BCUT2D eigenvalue weighted by Crippen LogP contribution is 2.26. The van der Waals surface area contributed by atoms with Crippen LogP contribution in [0.4, 0.5) is 23.9 Å². The molecule has 0 spiro atoms. The van der Waals surface area contributed by atoms with Gasteiger partial charge in [-0.3, -0.25) is 0 Å². The average molecular weight is 446 g/mol. The lowest BCUT2D eigenvalue weighted by atomic mass is 10.1. The molecular formula is C23H25F3N4O2. The SMILES string of the molecule is CCOC(=O)N1CCCC(Nc2nc3cc(F)c(F)cc3n2Cc2ccc(F)cc2)CC1. The number of likely N-dealkylation sites (tertiary alicyclic amines) is 1. The molecule has 0 bridgehead atoms. The number of hydrogen-bond donors (Lipinski definition) is 1. The lowest BCUT2D eigenvalue weighted by Crippen LogP contribution is -2.33. The zero-order chi connectivity index (χ0) is 22.7. The van der Waals surface area contributed by atoms with Crippen LogP contribution < -0.4 is 5.32 Å². The minimum Gasteiger partial charge on any atom is -0.450 e. The highest BCUT2D eigenvalue weighted by molar-refractivity contribution is 5.79. The van der Waals surface area contributed by atoms with E-state index in [9.17, 15) is 18.0 Å². The van der Waals surface area contributed by atoms with Gasteiger partial charge in [-0.05, 0) is 43.9 Å². The first-order chi connectivity index (χ1) is 15.4. The van der Waals surface area contributed by atoms with Crippen molar-refractivity contribution < 1.29 is 22.7 Å². The van der Waals surface area contributed by atoms with Gasteiger partial charge in [-0.15, -0.1) is 0 Å². The molecule has 2 heterocycles. The molecule has 1 aliphatic rings. The molecule has 2 aromatic carbocycles. The van der Waals surface area contributed by atoms with Gasteiger partial charge >= 0.3 is 6.09 Å².